The van der Waals surface area contributed by atoms with Crippen molar-refractivity contribution in [2.75, 3.05) is 14.2 Å². The third-order valence-electron chi connectivity index (χ3n) is 8.75. The number of fused-ring (bicyclic) bond motifs is 1. The van der Waals surface area contributed by atoms with E-state index in [0.29, 0.717) is 27.3 Å². The number of benzene rings is 3. The molecular weight excluding hydrogens is 575 g/mol. The first kappa shape index (κ1) is 29.6. The molecule has 1 fully saturated rings. The third kappa shape index (κ3) is 4.87. The molecule has 2 heterocycles. The Labute approximate surface area is 253 Å². The molecule has 5 atom stereocenters. The number of hydrogen-bond acceptors (Lipinski definition) is 6. The Morgan fingerprint density at radius 3 is 2.05 bits per heavy atom. The highest BCUT2D eigenvalue weighted by atomic mass is 35.5. The zero-order valence-corrected chi connectivity index (χ0v) is 27.0. The van der Waals surface area contributed by atoms with Crippen molar-refractivity contribution in [1.82, 2.24) is 4.90 Å². The van der Waals surface area contributed by atoms with E-state index in [1.807, 2.05) is 54.6 Å². The molecule has 0 radical (unpaired) electrons. The Balaban J connectivity index is 1.82. The maximum absolute atomic E-state index is 14.3. The van der Waals surface area contributed by atoms with Crippen LogP contribution < -0.4 is 4.74 Å². The predicted molar refractivity (Wildman–Crippen MR) is 166 cm³/mol. The van der Waals surface area contributed by atoms with Gasteiger partial charge in [-0.25, -0.2) is 14.7 Å². The van der Waals surface area contributed by atoms with Crippen LogP contribution in [0.25, 0.3) is 0 Å². The summed E-state index contributed by atoms with van der Waals surface area (Å²) in [7, 11) is 0.639. The molecule has 2 aliphatic heterocycles. The number of hydrogen-bond donors (Lipinski definition) is 0. The van der Waals surface area contributed by atoms with Gasteiger partial charge in [0, 0.05) is 15.6 Å². The summed E-state index contributed by atoms with van der Waals surface area (Å²) in [6.07, 6.45) is -0.526. The molecule has 3 aromatic rings. The van der Waals surface area contributed by atoms with E-state index in [1.54, 1.807) is 25.3 Å². The lowest BCUT2D eigenvalue weighted by Crippen LogP contribution is -2.50. The van der Waals surface area contributed by atoms with Gasteiger partial charge in [-0.1, -0.05) is 92.5 Å². The standard InChI is InChI=1S/C32H36Cl2N2O4Si/c1-31(2,3)41(6,7)40-29-26(20-16-18-22(38-4)19-17-20)32(30(37)39-5)27(25-23(33)14-11-15-24(25)34)36(32)28(35-29)21-12-9-8-10-13-21/h8-19,26-28H,1-7H3/t26-,27+,28+,32+,36?/m0/s1. The SMILES string of the molecule is COC(=O)[C@]12[C@@H](c3ccc(OC)cc3)C(O[Si](C)(C)C(C)(C)C)=N[C@@H](c3ccccc3)N1[C@@H]2c1c(Cl)cccc1Cl. The van der Waals surface area contributed by atoms with Crippen molar-refractivity contribution in [2.45, 2.75) is 62.6 Å². The van der Waals surface area contributed by atoms with Crippen LogP contribution in [0.15, 0.2) is 77.8 Å². The van der Waals surface area contributed by atoms with Crippen molar-refractivity contribution in [3.8, 4) is 5.75 Å². The summed E-state index contributed by atoms with van der Waals surface area (Å²) in [6.45, 7) is 10.9. The molecule has 9 heteroatoms. The number of esters is 1. The van der Waals surface area contributed by atoms with Gasteiger partial charge in [0.05, 0.1) is 26.2 Å². The highest BCUT2D eigenvalue weighted by molar-refractivity contribution is 6.75. The summed E-state index contributed by atoms with van der Waals surface area (Å²) >= 11 is 13.7. The van der Waals surface area contributed by atoms with Crippen LogP contribution in [0.4, 0.5) is 0 Å². The van der Waals surface area contributed by atoms with Gasteiger partial charge < -0.3 is 13.9 Å². The molecule has 0 aromatic heterocycles. The quantitative estimate of drug-likeness (QED) is 0.160. The van der Waals surface area contributed by atoms with Gasteiger partial charge in [-0.2, -0.15) is 0 Å². The van der Waals surface area contributed by atoms with Gasteiger partial charge in [-0.3, -0.25) is 0 Å². The van der Waals surface area contributed by atoms with Gasteiger partial charge >= 0.3 is 5.97 Å². The van der Waals surface area contributed by atoms with E-state index in [2.05, 4.69) is 38.8 Å². The molecule has 0 amide bonds. The van der Waals surface area contributed by atoms with Crippen molar-refractivity contribution in [3.05, 3.63) is 99.5 Å². The number of aliphatic imine (C=N–C) groups is 1. The number of rotatable bonds is 6. The largest absolute Gasteiger partial charge is 0.533 e. The Morgan fingerprint density at radius 1 is 0.902 bits per heavy atom. The Bertz CT molecular complexity index is 1450. The minimum absolute atomic E-state index is 0.104. The Hall–Kier alpha value is -2.84. The normalized spacial score (nSPS) is 25.5. The molecule has 0 bridgehead atoms. The molecule has 0 saturated carbocycles. The van der Waals surface area contributed by atoms with Crippen molar-refractivity contribution in [1.29, 1.82) is 0 Å². The summed E-state index contributed by atoms with van der Waals surface area (Å²) < 4.78 is 18.1. The summed E-state index contributed by atoms with van der Waals surface area (Å²) in [5.74, 6) is 0.239. The second kappa shape index (κ2) is 10.8. The van der Waals surface area contributed by atoms with Crippen molar-refractivity contribution >= 4 is 43.4 Å². The van der Waals surface area contributed by atoms with E-state index in [-0.39, 0.29) is 5.04 Å². The third-order valence-corrected chi connectivity index (χ3v) is 13.7. The van der Waals surface area contributed by atoms with Crippen LogP contribution in [0.1, 0.15) is 55.6 Å². The molecule has 1 unspecified atom stereocenters. The van der Waals surface area contributed by atoms with Gasteiger partial charge in [0.25, 0.3) is 8.32 Å². The molecule has 0 aliphatic carbocycles. The highest BCUT2D eigenvalue weighted by Gasteiger charge is 2.79. The van der Waals surface area contributed by atoms with Crippen LogP contribution >= 0.6 is 23.2 Å². The number of methoxy groups -OCH3 is 2. The smallest absolute Gasteiger partial charge is 0.329 e. The number of halogens is 2. The van der Waals surface area contributed by atoms with E-state index in [1.165, 1.54) is 7.11 Å². The number of nitrogens with zero attached hydrogens (tertiary/aromatic N) is 2. The van der Waals surface area contributed by atoms with E-state index in [4.69, 9.17) is 42.1 Å². The number of carbonyl (C=O) groups excluding carboxylic acids is 1. The summed E-state index contributed by atoms with van der Waals surface area (Å²) in [5, 5.41) is 0.854. The van der Waals surface area contributed by atoms with Crippen molar-refractivity contribution < 1.29 is 18.7 Å². The average molecular weight is 612 g/mol. The fourth-order valence-electron chi connectivity index (χ4n) is 5.61. The van der Waals surface area contributed by atoms with Crippen LogP contribution in [-0.2, 0) is 14.0 Å². The molecule has 5 rings (SSSR count). The zero-order chi connectivity index (χ0) is 29.7. The number of ether oxygens (including phenoxy) is 2. The molecule has 0 N–H and O–H groups in total. The average Bonchev–Trinajstić information content (AvgIpc) is 3.62. The summed E-state index contributed by atoms with van der Waals surface area (Å²) in [6, 6.07) is 22.5. The fraction of sp³-hybridized carbons (Fsp3) is 0.375. The molecular formula is C32H36Cl2N2O4Si. The molecule has 6 nitrogen and oxygen atoms in total. The first-order valence-electron chi connectivity index (χ1n) is 13.6. The maximum Gasteiger partial charge on any atom is 0.329 e. The van der Waals surface area contributed by atoms with Crippen LogP contribution in [0.3, 0.4) is 0 Å². The molecule has 41 heavy (non-hydrogen) atoms. The van der Waals surface area contributed by atoms with E-state index >= 15 is 0 Å². The first-order chi connectivity index (χ1) is 19.4. The molecule has 0 spiro atoms. The first-order valence-corrected chi connectivity index (χ1v) is 17.3. The van der Waals surface area contributed by atoms with Gasteiger partial charge in [0.15, 0.2) is 11.4 Å². The minimum atomic E-state index is -2.41. The van der Waals surface area contributed by atoms with E-state index < -0.39 is 38.0 Å². The highest BCUT2D eigenvalue weighted by Crippen LogP contribution is 2.69. The second-order valence-electron chi connectivity index (χ2n) is 12.1. The lowest BCUT2D eigenvalue weighted by Gasteiger charge is -2.41. The maximum atomic E-state index is 14.3. The lowest BCUT2D eigenvalue weighted by molar-refractivity contribution is -0.146. The zero-order valence-electron chi connectivity index (χ0n) is 24.4. The monoisotopic (exact) mass is 610 g/mol. The van der Waals surface area contributed by atoms with Crippen LogP contribution in [0.5, 0.6) is 5.75 Å². The van der Waals surface area contributed by atoms with Gasteiger partial charge in [0.2, 0.25) is 0 Å². The summed E-state index contributed by atoms with van der Waals surface area (Å²) in [5.41, 5.74) is 1.24. The van der Waals surface area contributed by atoms with E-state index in [9.17, 15) is 4.79 Å². The van der Waals surface area contributed by atoms with E-state index in [0.717, 1.165) is 11.1 Å². The van der Waals surface area contributed by atoms with Crippen LogP contribution in [0, 0.1) is 0 Å². The minimum Gasteiger partial charge on any atom is -0.533 e. The molecule has 216 valence electrons. The molecule has 3 aromatic carbocycles. The topological polar surface area (TPSA) is 60.1 Å². The lowest BCUT2D eigenvalue weighted by atomic mass is 9.80. The fourth-order valence-corrected chi connectivity index (χ4v) is 7.21. The van der Waals surface area contributed by atoms with Gasteiger partial charge in [0.1, 0.15) is 11.9 Å². The summed E-state index contributed by atoms with van der Waals surface area (Å²) in [4.78, 5) is 21.6. The van der Waals surface area contributed by atoms with Crippen LogP contribution in [0.2, 0.25) is 28.2 Å². The van der Waals surface area contributed by atoms with Gasteiger partial charge in [-0.05, 0) is 53.5 Å². The molecule has 1 saturated heterocycles. The van der Waals surface area contributed by atoms with Gasteiger partial charge in [-0.15, -0.1) is 0 Å². The van der Waals surface area contributed by atoms with Crippen LogP contribution in [-0.4, -0.2) is 44.8 Å². The van der Waals surface area contributed by atoms with Crippen molar-refractivity contribution in [2.24, 2.45) is 4.99 Å². The Morgan fingerprint density at radius 2 is 1.51 bits per heavy atom. The van der Waals surface area contributed by atoms with Crippen molar-refractivity contribution in [3.63, 3.8) is 0 Å². The molecule has 2 aliphatic rings. The second-order valence-corrected chi connectivity index (χ2v) is 17.6. The number of carbonyl (C=O) groups is 1. The Kier molecular flexibility index (Phi) is 7.79. The predicted octanol–water partition coefficient (Wildman–Crippen LogP) is 8.19.